The topological polar surface area (TPSA) is 40.5 Å². The summed E-state index contributed by atoms with van der Waals surface area (Å²) in [6.45, 7) is 6.09. The molecular weight excluding hydrogens is 258 g/mol. The van der Waals surface area contributed by atoms with E-state index in [1.807, 2.05) is 0 Å². The van der Waals surface area contributed by atoms with Crippen LogP contribution in [0.4, 0.5) is 0 Å². The second kappa shape index (κ2) is 7.23. The number of rotatable bonds is 4. The van der Waals surface area contributed by atoms with Crippen LogP contribution in [0.15, 0.2) is 0 Å². The maximum absolute atomic E-state index is 11.1. The van der Waals surface area contributed by atoms with Crippen LogP contribution in [0.2, 0.25) is 0 Å². The van der Waals surface area contributed by atoms with E-state index in [0.29, 0.717) is 5.92 Å². The Bertz CT molecular complexity index is 191. The minimum Gasteiger partial charge on any atom is -0.480 e. The standard InChI is InChI=1S/C11H21NO2.BrH/c1-9(2)8-10(11(13)14)12-6-4-3-5-7-12;/h9-10H,3-8H2,1-2H3,(H,13,14);1H. The lowest BCUT2D eigenvalue weighted by atomic mass is 10.00. The van der Waals surface area contributed by atoms with Crippen LogP contribution >= 0.6 is 17.0 Å². The lowest BCUT2D eigenvalue weighted by Crippen LogP contribution is -2.44. The predicted molar refractivity (Wildman–Crippen MR) is 66.6 cm³/mol. The first kappa shape index (κ1) is 14.9. The van der Waals surface area contributed by atoms with Crippen LogP contribution in [-0.2, 0) is 4.79 Å². The van der Waals surface area contributed by atoms with Gasteiger partial charge < -0.3 is 5.11 Å². The second-order valence-corrected chi connectivity index (χ2v) is 4.58. The molecule has 1 heterocycles. The van der Waals surface area contributed by atoms with Gasteiger partial charge in [0.1, 0.15) is 6.04 Å². The number of likely N-dealkylation sites (tertiary alicyclic amines) is 1. The maximum Gasteiger partial charge on any atom is 0.320 e. The normalized spacial score (nSPS) is 19.7. The molecule has 0 spiro atoms. The van der Waals surface area contributed by atoms with Crippen molar-refractivity contribution in [1.82, 2.24) is 4.90 Å². The Balaban J connectivity index is 0.00000196. The van der Waals surface area contributed by atoms with Gasteiger partial charge in [0.25, 0.3) is 0 Å². The molecule has 1 unspecified atom stereocenters. The van der Waals surface area contributed by atoms with E-state index < -0.39 is 5.97 Å². The number of aliphatic carboxylic acids is 1. The van der Waals surface area contributed by atoms with Gasteiger partial charge in [-0.3, -0.25) is 9.69 Å². The Hall–Kier alpha value is -0.0900. The number of carboxylic acid groups (broad SMARTS) is 1. The average molecular weight is 280 g/mol. The molecule has 4 heteroatoms. The molecule has 1 N–H and O–H groups in total. The number of hydrogen-bond acceptors (Lipinski definition) is 2. The van der Waals surface area contributed by atoms with Crippen molar-refractivity contribution in [2.24, 2.45) is 5.92 Å². The maximum atomic E-state index is 11.1. The Morgan fingerprint density at radius 1 is 1.27 bits per heavy atom. The summed E-state index contributed by atoms with van der Waals surface area (Å²) in [4.78, 5) is 13.2. The van der Waals surface area contributed by atoms with E-state index in [4.69, 9.17) is 5.11 Å². The number of carboxylic acids is 1. The molecule has 1 saturated heterocycles. The lowest BCUT2D eigenvalue weighted by molar-refractivity contribution is -0.144. The summed E-state index contributed by atoms with van der Waals surface area (Å²) in [5.41, 5.74) is 0. The first-order chi connectivity index (χ1) is 6.61. The predicted octanol–water partition coefficient (Wildman–Crippen LogP) is 2.55. The van der Waals surface area contributed by atoms with Crippen LogP contribution in [0.5, 0.6) is 0 Å². The van der Waals surface area contributed by atoms with Crippen LogP contribution in [0.3, 0.4) is 0 Å². The van der Waals surface area contributed by atoms with Gasteiger partial charge in [-0.25, -0.2) is 0 Å². The van der Waals surface area contributed by atoms with Gasteiger partial charge in [-0.1, -0.05) is 20.3 Å². The minimum absolute atomic E-state index is 0. The molecule has 0 aromatic rings. The smallest absolute Gasteiger partial charge is 0.320 e. The molecule has 1 aliphatic heterocycles. The monoisotopic (exact) mass is 279 g/mol. The van der Waals surface area contributed by atoms with Crippen molar-refractivity contribution in [3.8, 4) is 0 Å². The van der Waals surface area contributed by atoms with Crippen molar-refractivity contribution in [3.63, 3.8) is 0 Å². The van der Waals surface area contributed by atoms with Gasteiger partial charge in [0.15, 0.2) is 0 Å². The number of halogens is 1. The van der Waals surface area contributed by atoms with Crippen LogP contribution < -0.4 is 0 Å². The third-order valence-electron chi connectivity index (χ3n) is 2.81. The molecule has 0 aromatic carbocycles. The van der Waals surface area contributed by atoms with E-state index in [2.05, 4.69) is 18.7 Å². The van der Waals surface area contributed by atoms with E-state index in [-0.39, 0.29) is 23.0 Å². The van der Waals surface area contributed by atoms with Crippen molar-refractivity contribution >= 4 is 23.0 Å². The minimum atomic E-state index is -0.652. The summed E-state index contributed by atoms with van der Waals surface area (Å²) in [5.74, 6) is -0.196. The summed E-state index contributed by atoms with van der Waals surface area (Å²) >= 11 is 0. The summed E-state index contributed by atoms with van der Waals surface area (Å²) in [7, 11) is 0. The van der Waals surface area contributed by atoms with Gasteiger partial charge in [-0.2, -0.15) is 0 Å². The van der Waals surface area contributed by atoms with Crippen LogP contribution in [0.1, 0.15) is 39.5 Å². The zero-order valence-corrected chi connectivity index (χ0v) is 11.3. The Morgan fingerprint density at radius 3 is 2.20 bits per heavy atom. The zero-order valence-electron chi connectivity index (χ0n) is 9.61. The molecule has 0 amide bonds. The fraction of sp³-hybridized carbons (Fsp3) is 0.909. The quantitative estimate of drug-likeness (QED) is 0.860. The highest BCUT2D eigenvalue weighted by atomic mass is 79.9. The van der Waals surface area contributed by atoms with Gasteiger partial charge in [0, 0.05) is 0 Å². The van der Waals surface area contributed by atoms with Gasteiger partial charge in [-0.15, -0.1) is 17.0 Å². The van der Waals surface area contributed by atoms with Crippen LogP contribution in [0, 0.1) is 5.92 Å². The third-order valence-corrected chi connectivity index (χ3v) is 2.81. The molecule has 0 bridgehead atoms. The molecule has 0 aliphatic carbocycles. The van der Waals surface area contributed by atoms with Gasteiger partial charge in [-0.05, 0) is 38.3 Å². The fourth-order valence-electron chi connectivity index (χ4n) is 2.08. The van der Waals surface area contributed by atoms with E-state index >= 15 is 0 Å². The van der Waals surface area contributed by atoms with Crippen molar-refractivity contribution < 1.29 is 9.90 Å². The Labute approximate surface area is 103 Å². The van der Waals surface area contributed by atoms with Gasteiger partial charge >= 0.3 is 5.97 Å². The molecule has 0 radical (unpaired) electrons. The van der Waals surface area contributed by atoms with E-state index in [1.54, 1.807) is 0 Å². The van der Waals surface area contributed by atoms with Crippen molar-refractivity contribution in [2.45, 2.75) is 45.6 Å². The van der Waals surface area contributed by atoms with Crippen LogP contribution in [-0.4, -0.2) is 35.1 Å². The SMILES string of the molecule is Br.CC(C)CC(C(=O)O)N1CCCCC1. The zero-order chi connectivity index (χ0) is 10.6. The molecule has 0 saturated carbocycles. The highest BCUT2D eigenvalue weighted by Crippen LogP contribution is 2.17. The van der Waals surface area contributed by atoms with Crippen LogP contribution in [0.25, 0.3) is 0 Å². The summed E-state index contributed by atoms with van der Waals surface area (Å²) in [6, 6.07) is -0.254. The largest absolute Gasteiger partial charge is 0.480 e. The molecule has 1 aliphatic rings. The Kier molecular flexibility index (Phi) is 7.18. The number of nitrogens with zero attached hydrogens (tertiary/aromatic N) is 1. The molecule has 1 fully saturated rings. The molecule has 1 rings (SSSR count). The van der Waals surface area contributed by atoms with Gasteiger partial charge in [0.2, 0.25) is 0 Å². The molecule has 1 atom stereocenters. The lowest BCUT2D eigenvalue weighted by Gasteiger charge is -2.32. The number of hydrogen-bond donors (Lipinski definition) is 1. The first-order valence-corrected chi connectivity index (χ1v) is 5.58. The summed E-state index contributed by atoms with van der Waals surface area (Å²) in [5, 5.41) is 9.13. The second-order valence-electron chi connectivity index (χ2n) is 4.58. The van der Waals surface area contributed by atoms with Crippen molar-refractivity contribution in [3.05, 3.63) is 0 Å². The Morgan fingerprint density at radius 2 is 1.80 bits per heavy atom. The van der Waals surface area contributed by atoms with E-state index in [1.165, 1.54) is 6.42 Å². The highest BCUT2D eigenvalue weighted by Gasteiger charge is 2.27. The first-order valence-electron chi connectivity index (χ1n) is 5.58. The molecule has 0 aromatic heterocycles. The highest BCUT2D eigenvalue weighted by molar-refractivity contribution is 8.93. The van der Waals surface area contributed by atoms with E-state index in [0.717, 1.165) is 32.4 Å². The molecule has 90 valence electrons. The number of piperidine rings is 1. The average Bonchev–Trinajstić information content (AvgIpc) is 2.15. The summed E-state index contributed by atoms with van der Waals surface area (Å²) < 4.78 is 0. The molecule has 3 nitrogen and oxygen atoms in total. The van der Waals surface area contributed by atoms with Crippen molar-refractivity contribution in [1.29, 1.82) is 0 Å². The van der Waals surface area contributed by atoms with Crippen molar-refractivity contribution in [2.75, 3.05) is 13.1 Å². The molecular formula is C11H22BrNO2. The van der Waals surface area contributed by atoms with Gasteiger partial charge in [0.05, 0.1) is 0 Å². The molecule has 15 heavy (non-hydrogen) atoms. The van der Waals surface area contributed by atoms with E-state index in [9.17, 15) is 4.79 Å². The fourth-order valence-corrected chi connectivity index (χ4v) is 2.08. The summed E-state index contributed by atoms with van der Waals surface area (Å²) in [6.07, 6.45) is 4.34. The number of carbonyl (C=O) groups is 1. The third kappa shape index (κ3) is 4.98.